The predicted molar refractivity (Wildman–Crippen MR) is 112 cm³/mol. The standard InChI is InChI=1S/C22H20N2O3S/c1-4-14-9-10-19-16(11-14)13(2)20(27-19)21(25)24-22-23-17(12-28-22)15-7-5-6-8-18(15)26-3/h5-12H,4H2,1-3H3,(H,23,24,25). The van der Waals surface area contributed by atoms with Gasteiger partial charge in [0.2, 0.25) is 0 Å². The summed E-state index contributed by atoms with van der Waals surface area (Å²) in [5.74, 6) is 0.760. The summed E-state index contributed by atoms with van der Waals surface area (Å²) in [7, 11) is 1.63. The van der Waals surface area contributed by atoms with Crippen molar-refractivity contribution >= 4 is 33.3 Å². The first-order chi connectivity index (χ1) is 13.6. The van der Waals surface area contributed by atoms with Gasteiger partial charge in [0, 0.05) is 21.9 Å². The van der Waals surface area contributed by atoms with Gasteiger partial charge < -0.3 is 9.15 Å². The van der Waals surface area contributed by atoms with Crippen LogP contribution in [0.1, 0.15) is 28.6 Å². The lowest BCUT2D eigenvalue weighted by atomic mass is 10.1. The van der Waals surface area contributed by atoms with E-state index in [1.54, 1.807) is 7.11 Å². The number of anilines is 1. The fourth-order valence-corrected chi connectivity index (χ4v) is 3.88. The molecule has 28 heavy (non-hydrogen) atoms. The molecule has 142 valence electrons. The van der Waals surface area contributed by atoms with Gasteiger partial charge in [-0.25, -0.2) is 4.98 Å². The van der Waals surface area contributed by atoms with Gasteiger partial charge in [0.25, 0.3) is 5.91 Å². The molecule has 0 saturated heterocycles. The monoisotopic (exact) mass is 392 g/mol. The second-order valence-corrected chi connectivity index (χ2v) is 7.29. The Morgan fingerprint density at radius 2 is 2.07 bits per heavy atom. The van der Waals surface area contributed by atoms with Gasteiger partial charge in [-0.05, 0) is 43.2 Å². The number of rotatable bonds is 5. The van der Waals surface area contributed by atoms with Crippen LogP contribution in [0, 0.1) is 6.92 Å². The van der Waals surface area contributed by atoms with Crippen LogP contribution in [0.25, 0.3) is 22.2 Å². The van der Waals surface area contributed by atoms with Crippen molar-refractivity contribution in [3.8, 4) is 17.0 Å². The topological polar surface area (TPSA) is 64.4 Å². The zero-order valence-electron chi connectivity index (χ0n) is 15.9. The van der Waals surface area contributed by atoms with E-state index in [0.29, 0.717) is 16.5 Å². The molecule has 5 nitrogen and oxygen atoms in total. The number of nitrogens with one attached hydrogen (secondary N) is 1. The lowest BCUT2D eigenvalue weighted by molar-refractivity contribution is 0.0998. The minimum absolute atomic E-state index is 0.298. The van der Waals surface area contributed by atoms with Crippen molar-refractivity contribution in [2.24, 2.45) is 0 Å². The maximum atomic E-state index is 12.8. The molecule has 1 amide bonds. The smallest absolute Gasteiger partial charge is 0.293 e. The van der Waals surface area contributed by atoms with Crippen LogP contribution in [0.2, 0.25) is 0 Å². The number of benzene rings is 2. The number of hydrogen-bond acceptors (Lipinski definition) is 5. The van der Waals surface area contributed by atoms with Crippen LogP contribution < -0.4 is 10.1 Å². The van der Waals surface area contributed by atoms with Crippen molar-refractivity contribution in [2.45, 2.75) is 20.3 Å². The van der Waals surface area contributed by atoms with Crippen LogP contribution in [0.3, 0.4) is 0 Å². The molecule has 0 atom stereocenters. The maximum Gasteiger partial charge on any atom is 0.293 e. The molecule has 2 aromatic heterocycles. The molecule has 0 unspecified atom stereocenters. The van der Waals surface area contributed by atoms with Crippen LogP contribution in [-0.2, 0) is 6.42 Å². The van der Waals surface area contributed by atoms with Crippen molar-refractivity contribution in [3.63, 3.8) is 0 Å². The van der Waals surface area contributed by atoms with E-state index in [-0.39, 0.29) is 5.91 Å². The van der Waals surface area contributed by atoms with E-state index in [9.17, 15) is 4.79 Å². The summed E-state index contributed by atoms with van der Waals surface area (Å²) in [5.41, 5.74) is 4.41. The number of ether oxygens (including phenoxy) is 1. The number of methoxy groups -OCH3 is 1. The van der Waals surface area contributed by atoms with Crippen molar-refractivity contribution in [1.82, 2.24) is 4.98 Å². The minimum Gasteiger partial charge on any atom is -0.496 e. The Bertz CT molecular complexity index is 1160. The van der Waals surface area contributed by atoms with Crippen LogP contribution in [0.5, 0.6) is 5.75 Å². The Morgan fingerprint density at radius 1 is 1.25 bits per heavy atom. The Kier molecular flexibility index (Phi) is 4.88. The second-order valence-electron chi connectivity index (χ2n) is 6.43. The molecule has 6 heteroatoms. The van der Waals surface area contributed by atoms with E-state index in [1.165, 1.54) is 16.9 Å². The van der Waals surface area contributed by atoms with Crippen molar-refractivity contribution in [2.75, 3.05) is 12.4 Å². The number of hydrogen-bond donors (Lipinski definition) is 1. The highest BCUT2D eigenvalue weighted by molar-refractivity contribution is 7.14. The average Bonchev–Trinajstić information content (AvgIpc) is 3.32. The molecule has 0 aliphatic heterocycles. The Hall–Kier alpha value is -3.12. The molecule has 0 bridgehead atoms. The number of furan rings is 1. The summed E-state index contributed by atoms with van der Waals surface area (Å²) in [6, 6.07) is 13.7. The Morgan fingerprint density at radius 3 is 2.86 bits per heavy atom. The Labute approximate surface area is 167 Å². The lowest BCUT2D eigenvalue weighted by Crippen LogP contribution is -2.11. The molecule has 1 N–H and O–H groups in total. The number of aryl methyl sites for hydroxylation is 2. The van der Waals surface area contributed by atoms with Gasteiger partial charge in [-0.1, -0.05) is 25.1 Å². The number of thiazole rings is 1. The van der Waals surface area contributed by atoms with Gasteiger partial charge in [0.15, 0.2) is 10.9 Å². The lowest BCUT2D eigenvalue weighted by Gasteiger charge is -2.05. The van der Waals surface area contributed by atoms with Crippen molar-refractivity contribution in [1.29, 1.82) is 0 Å². The molecule has 0 radical (unpaired) electrons. The van der Waals surface area contributed by atoms with E-state index in [2.05, 4.69) is 23.3 Å². The third-order valence-corrected chi connectivity index (χ3v) is 5.48. The highest BCUT2D eigenvalue weighted by Crippen LogP contribution is 2.32. The van der Waals surface area contributed by atoms with Crippen molar-refractivity contribution in [3.05, 3.63) is 64.7 Å². The molecule has 0 saturated carbocycles. The molecule has 0 spiro atoms. The quantitative estimate of drug-likeness (QED) is 0.474. The molecule has 2 aromatic carbocycles. The third kappa shape index (κ3) is 3.27. The number of para-hydroxylation sites is 1. The first kappa shape index (κ1) is 18.3. The number of carbonyl (C=O) groups is 1. The number of aromatic nitrogens is 1. The van der Waals surface area contributed by atoms with Crippen LogP contribution in [-0.4, -0.2) is 18.0 Å². The molecule has 4 rings (SSSR count). The van der Waals surface area contributed by atoms with Gasteiger partial charge in [0.05, 0.1) is 12.8 Å². The second kappa shape index (κ2) is 7.48. The first-order valence-electron chi connectivity index (χ1n) is 9.03. The number of carbonyl (C=O) groups excluding carboxylic acids is 1. The summed E-state index contributed by atoms with van der Waals surface area (Å²) >= 11 is 1.37. The molecule has 0 fully saturated rings. The van der Waals surface area contributed by atoms with Gasteiger partial charge >= 0.3 is 0 Å². The van der Waals surface area contributed by atoms with E-state index >= 15 is 0 Å². The van der Waals surface area contributed by atoms with Crippen molar-refractivity contribution < 1.29 is 13.9 Å². The highest BCUT2D eigenvalue weighted by atomic mass is 32.1. The normalized spacial score (nSPS) is 11.0. The highest BCUT2D eigenvalue weighted by Gasteiger charge is 2.19. The molecule has 4 aromatic rings. The number of nitrogens with zero attached hydrogens (tertiary/aromatic N) is 1. The molecular formula is C22H20N2O3S. The summed E-state index contributed by atoms with van der Waals surface area (Å²) < 4.78 is 11.2. The maximum absolute atomic E-state index is 12.8. The fraction of sp³-hybridized carbons (Fsp3) is 0.182. The van der Waals surface area contributed by atoms with Crippen LogP contribution >= 0.6 is 11.3 Å². The van der Waals surface area contributed by atoms with E-state index in [4.69, 9.17) is 9.15 Å². The third-order valence-electron chi connectivity index (χ3n) is 4.72. The van der Waals surface area contributed by atoms with Gasteiger partial charge in [0.1, 0.15) is 11.3 Å². The summed E-state index contributed by atoms with van der Waals surface area (Å²) in [6.45, 7) is 4.01. The van der Waals surface area contributed by atoms with Crippen LogP contribution in [0.4, 0.5) is 5.13 Å². The van der Waals surface area contributed by atoms with Crippen LogP contribution in [0.15, 0.2) is 52.3 Å². The summed E-state index contributed by atoms with van der Waals surface area (Å²) in [4.78, 5) is 17.3. The van der Waals surface area contributed by atoms with E-state index < -0.39 is 0 Å². The predicted octanol–water partition coefficient (Wildman–Crippen LogP) is 5.69. The minimum atomic E-state index is -0.298. The van der Waals surface area contributed by atoms with Gasteiger partial charge in [-0.2, -0.15) is 0 Å². The molecule has 2 heterocycles. The SMILES string of the molecule is CCc1ccc2oc(C(=O)Nc3nc(-c4ccccc4OC)cs3)c(C)c2c1. The first-order valence-corrected chi connectivity index (χ1v) is 9.91. The summed E-state index contributed by atoms with van der Waals surface area (Å²) in [6.07, 6.45) is 0.937. The van der Waals surface area contributed by atoms with Gasteiger partial charge in [-0.3, -0.25) is 10.1 Å². The molecular weight excluding hydrogens is 372 g/mol. The molecule has 0 aliphatic rings. The summed E-state index contributed by atoms with van der Waals surface area (Å²) in [5, 5.41) is 6.23. The fourth-order valence-electron chi connectivity index (χ4n) is 3.17. The largest absolute Gasteiger partial charge is 0.496 e. The van der Waals surface area contributed by atoms with Gasteiger partial charge in [-0.15, -0.1) is 11.3 Å². The number of fused-ring (bicyclic) bond motifs is 1. The zero-order valence-corrected chi connectivity index (χ0v) is 16.7. The Balaban J connectivity index is 1.60. The average molecular weight is 392 g/mol. The van der Waals surface area contributed by atoms with E-state index in [0.717, 1.165) is 34.4 Å². The van der Waals surface area contributed by atoms with E-state index in [1.807, 2.05) is 48.7 Å². The zero-order chi connectivity index (χ0) is 19.7. The molecule has 0 aliphatic carbocycles. The number of amides is 1.